The molecule has 1 aromatic rings. The summed E-state index contributed by atoms with van der Waals surface area (Å²) in [4.78, 5) is 0. The van der Waals surface area contributed by atoms with Gasteiger partial charge in [0.1, 0.15) is 30.2 Å². The van der Waals surface area contributed by atoms with Crippen molar-refractivity contribution in [2.75, 3.05) is 13.7 Å². The van der Waals surface area contributed by atoms with Crippen LogP contribution in [0.1, 0.15) is 19.4 Å². The van der Waals surface area contributed by atoms with Gasteiger partial charge in [0, 0.05) is 0 Å². The first-order chi connectivity index (χ1) is 11.1. The SMILES string of the molecule is COc1ccc(CO[C@H]2O[C@H]([C@H]3CO3)[C@@H]3OC(C)(C)O[C@H]23)cc1. The second-order valence-electron chi connectivity index (χ2n) is 6.56. The highest BCUT2D eigenvalue weighted by Gasteiger charge is 2.59. The average Bonchev–Trinajstić information content (AvgIpc) is 3.25. The summed E-state index contributed by atoms with van der Waals surface area (Å²) >= 11 is 0. The van der Waals surface area contributed by atoms with Crippen LogP contribution in [0.15, 0.2) is 24.3 Å². The van der Waals surface area contributed by atoms with Gasteiger partial charge in [-0.25, -0.2) is 0 Å². The van der Waals surface area contributed by atoms with Gasteiger partial charge in [0.15, 0.2) is 12.1 Å². The van der Waals surface area contributed by atoms with E-state index in [9.17, 15) is 0 Å². The van der Waals surface area contributed by atoms with Crippen molar-refractivity contribution in [3.8, 4) is 5.75 Å². The van der Waals surface area contributed by atoms with Crippen molar-refractivity contribution in [3.05, 3.63) is 29.8 Å². The Morgan fingerprint density at radius 1 is 1.09 bits per heavy atom. The van der Waals surface area contributed by atoms with E-state index in [1.54, 1.807) is 7.11 Å². The molecular weight excluding hydrogens is 300 g/mol. The number of fused-ring (bicyclic) bond motifs is 1. The van der Waals surface area contributed by atoms with Gasteiger partial charge < -0.3 is 28.4 Å². The van der Waals surface area contributed by atoms with Gasteiger partial charge in [-0.05, 0) is 31.5 Å². The number of benzene rings is 1. The van der Waals surface area contributed by atoms with Crippen molar-refractivity contribution in [2.24, 2.45) is 0 Å². The van der Waals surface area contributed by atoms with Crippen LogP contribution < -0.4 is 4.74 Å². The molecule has 0 amide bonds. The molecule has 23 heavy (non-hydrogen) atoms. The van der Waals surface area contributed by atoms with Crippen molar-refractivity contribution in [1.29, 1.82) is 0 Å². The fourth-order valence-corrected chi connectivity index (χ4v) is 3.17. The third-order valence-corrected chi connectivity index (χ3v) is 4.35. The van der Waals surface area contributed by atoms with Gasteiger partial charge in [-0.2, -0.15) is 0 Å². The molecule has 3 heterocycles. The van der Waals surface area contributed by atoms with Crippen LogP contribution in [-0.4, -0.2) is 50.2 Å². The van der Waals surface area contributed by atoms with E-state index in [1.807, 2.05) is 38.1 Å². The quantitative estimate of drug-likeness (QED) is 0.771. The number of epoxide rings is 1. The van der Waals surface area contributed by atoms with Crippen LogP contribution in [-0.2, 0) is 30.3 Å². The monoisotopic (exact) mass is 322 g/mol. The summed E-state index contributed by atoms with van der Waals surface area (Å²) in [6.45, 7) is 4.98. The van der Waals surface area contributed by atoms with Crippen molar-refractivity contribution >= 4 is 0 Å². The number of rotatable bonds is 5. The standard InChI is InChI=1S/C17H22O6/c1-17(2)22-14-13(12-9-19-12)21-16(15(14)23-17)20-8-10-4-6-11(18-3)7-5-10/h4-7,12-16H,8-9H2,1-3H3/t12-,13-,14+,15+,16+/m1/s1. The maximum atomic E-state index is 5.99. The van der Waals surface area contributed by atoms with E-state index < -0.39 is 12.1 Å². The molecule has 3 fully saturated rings. The minimum atomic E-state index is -0.617. The van der Waals surface area contributed by atoms with Crippen LogP contribution in [0.5, 0.6) is 5.75 Å². The molecule has 0 radical (unpaired) electrons. The Balaban J connectivity index is 1.41. The summed E-state index contributed by atoms with van der Waals surface area (Å²) in [5.74, 6) is 0.208. The summed E-state index contributed by atoms with van der Waals surface area (Å²) in [6, 6.07) is 7.78. The van der Waals surface area contributed by atoms with Gasteiger partial charge in [0.05, 0.1) is 20.3 Å². The Hall–Kier alpha value is -1.18. The van der Waals surface area contributed by atoms with Crippen molar-refractivity contribution in [1.82, 2.24) is 0 Å². The van der Waals surface area contributed by atoms with Crippen LogP contribution in [0.25, 0.3) is 0 Å². The predicted octanol–water partition coefficient (Wildman–Crippen LogP) is 1.86. The van der Waals surface area contributed by atoms with E-state index in [1.165, 1.54) is 0 Å². The highest BCUT2D eigenvalue weighted by atomic mass is 16.8. The van der Waals surface area contributed by atoms with Gasteiger partial charge in [-0.3, -0.25) is 0 Å². The highest BCUT2D eigenvalue weighted by Crippen LogP contribution is 2.42. The summed E-state index contributed by atoms with van der Waals surface area (Å²) in [5.41, 5.74) is 1.05. The minimum absolute atomic E-state index is 0.0922. The molecule has 0 bridgehead atoms. The predicted molar refractivity (Wildman–Crippen MR) is 80.0 cm³/mol. The fourth-order valence-electron chi connectivity index (χ4n) is 3.17. The minimum Gasteiger partial charge on any atom is -0.497 e. The molecule has 0 unspecified atom stereocenters. The number of ether oxygens (including phenoxy) is 6. The Morgan fingerprint density at radius 2 is 1.78 bits per heavy atom. The van der Waals surface area contributed by atoms with Crippen molar-refractivity contribution in [3.63, 3.8) is 0 Å². The Bertz CT molecular complexity index is 553. The first kappa shape index (κ1) is 15.4. The lowest BCUT2D eigenvalue weighted by molar-refractivity contribution is -0.238. The molecule has 126 valence electrons. The summed E-state index contributed by atoms with van der Waals surface area (Å²) < 4.78 is 34.4. The smallest absolute Gasteiger partial charge is 0.187 e. The highest BCUT2D eigenvalue weighted by molar-refractivity contribution is 5.26. The first-order valence-electron chi connectivity index (χ1n) is 7.93. The zero-order valence-electron chi connectivity index (χ0n) is 13.6. The van der Waals surface area contributed by atoms with E-state index in [2.05, 4.69) is 0 Å². The van der Waals surface area contributed by atoms with Crippen molar-refractivity contribution < 1.29 is 28.4 Å². The van der Waals surface area contributed by atoms with E-state index in [-0.39, 0.29) is 24.4 Å². The third-order valence-electron chi connectivity index (χ3n) is 4.35. The Labute approximate surface area is 135 Å². The maximum Gasteiger partial charge on any atom is 0.187 e. The first-order valence-corrected chi connectivity index (χ1v) is 7.93. The molecular formula is C17H22O6. The normalized spacial score (nSPS) is 37.6. The molecule has 0 spiro atoms. The lowest BCUT2D eigenvalue weighted by Crippen LogP contribution is -2.33. The molecule has 0 N–H and O–H groups in total. The zero-order chi connectivity index (χ0) is 16.0. The molecule has 5 atom stereocenters. The molecule has 3 saturated heterocycles. The van der Waals surface area contributed by atoms with E-state index >= 15 is 0 Å². The van der Waals surface area contributed by atoms with Crippen LogP contribution in [0, 0.1) is 0 Å². The second kappa shape index (κ2) is 5.72. The van der Waals surface area contributed by atoms with Gasteiger partial charge in [0.25, 0.3) is 0 Å². The number of methoxy groups -OCH3 is 1. The van der Waals surface area contributed by atoms with E-state index in [4.69, 9.17) is 28.4 Å². The van der Waals surface area contributed by atoms with Gasteiger partial charge in [0.2, 0.25) is 0 Å². The Kier molecular flexibility index (Phi) is 3.82. The molecule has 3 aliphatic heterocycles. The molecule has 0 saturated carbocycles. The number of hydrogen-bond donors (Lipinski definition) is 0. The molecule has 3 aliphatic rings. The summed E-state index contributed by atoms with van der Waals surface area (Å²) in [6.07, 6.45) is -0.842. The average molecular weight is 322 g/mol. The molecule has 6 nitrogen and oxygen atoms in total. The third kappa shape index (κ3) is 3.09. The van der Waals surface area contributed by atoms with Crippen LogP contribution in [0.2, 0.25) is 0 Å². The van der Waals surface area contributed by atoms with Gasteiger partial charge in [-0.1, -0.05) is 12.1 Å². The lowest BCUT2D eigenvalue weighted by Gasteiger charge is -2.23. The lowest BCUT2D eigenvalue weighted by atomic mass is 10.1. The van der Waals surface area contributed by atoms with Crippen LogP contribution >= 0.6 is 0 Å². The Morgan fingerprint density at radius 3 is 2.43 bits per heavy atom. The van der Waals surface area contributed by atoms with Crippen LogP contribution in [0.3, 0.4) is 0 Å². The fraction of sp³-hybridized carbons (Fsp3) is 0.647. The molecule has 0 aromatic heterocycles. The molecule has 4 rings (SSSR count). The van der Waals surface area contributed by atoms with Crippen molar-refractivity contribution in [2.45, 2.75) is 56.9 Å². The van der Waals surface area contributed by atoms with Gasteiger partial charge >= 0.3 is 0 Å². The van der Waals surface area contributed by atoms with Gasteiger partial charge in [-0.15, -0.1) is 0 Å². The maximum absolute atomic E-state index is 5.99. The molecule has 6 heteroatoms. The summed E-state index contributed by atoms with van der Waals surface area (Å²) in [7, 11) is 1.65. The molecule has 0 aliphatic carbocycles. The second-order valence-corrected chi connectivity index (χ2v) is 6.56. The van der Waals surface area contributed by atoms with E-state index in [0.29, 0.717) is 13.2 Å². The largest absolute Gasteiger partial charge is 0.497 e. The zero-order valence-corrected chi connectivity index (χ0v) is 13.6. The van der Waals surface area contributed by atoms with E-state index in [0.717, 1.165) is 11.3 Å². The van der Waals surface area contributed by atoms with Crippen LogP contribution in [0.4, 0.5) is 0 Å². The molecule has 1 aromatic carbocycles. The number of hydrogen-bond acceptors (Lipinski definition) is 6. The summed E-state index contributed by atoms with van der Waals surface area (Å²) in [5, 5.41) is 0. The topological polar surface area (TPSA) is 58.7 Å².